The Morgan fingerprint density at radius 1 is 1.28 bits per heavy atom. The monoisotopic (exact) mass is 268 g/mol. The second-order valence-electron chi connectivity index (χ2n) is 3.43. The molecule has 96 valence electrons. The molecule has 0 radical (unpaired) electrons. The van der Waals surface area contributed by atoms with Crippen LogP contribution in [0.25, 0.3) is 11.0 Å². The number of anilines is 1. The predicted octanol–water partition coefficient (Wildman–Crippen LogP) is 1.12. The first-order valence-electron chi connectivity index (χ1n) is 5.16. The SMILES string of the molecule is Cl.NCCNc1nc2ccccc2nc1C(=O)O. The van der Waals surface area contributed by atoms with Gasteiger partial charge in [0.2, 0.25) is 0 Å². The van der Waals surface area contributed by atoms with E-state index in [9.17, 15) is 4.79 Å². The van der Waals surface area contributed by atoms with Crippen LogP contribution in [0.2, 0.25) is 0 Å². The average molecular weight is 269 g/mol. The summed E-state index contributed by atoms with van der Waals surface area (Å²) in [5, 5.41) is 11.9. The van der Waals surface area contributed by atoms with Gasteiger partial charge >= 0.3 is 5.97 Å². The summed E-state index contributed by atoms with van der Waals surface area (Å²) in [6.07, 6.45) is 0. The lowest BCUT2D eigenvalue weighted by Gasteiger charge is -2.08. The molecule has 1 aromatic carbocycles. The summed E-state index contributed by atoms with van der Waals surface area (Å²) in [5.41, 5.74) is 6.48. The molecule has 18 heavy (non-hydrogen) atoms. The maximum absolute atomic E-state index is 11.1. The van der Waals surface area contributed by atoms with Gasteiger partial charge in [-0.15, -0.1) is 12.4 Å². The van der Waals surface area contributed by atoms with Gasteiger partial charge in [-0.1, -0.05) is 12.1 Å². The van der Waals surface area contributed by atoms with Crippen LogP contribution in [-0.2, 0) is 0 Å². The summed E-state index contributed by atoms with van der Waals surface area (Å²) >= 11 is 0. The molecule has 0 unspecified atom stereocenters. The Hall–Kier alpha value is -1.92. The van der Waals surface area contributed by atoms with Crippen molar-refractivity contribution >= 4 is 35.2 Å². The third-order valence-corrected chi connectivity index (χ3v) is 2.21. The molecule has 0 fully saturated rings. The minimum absolute atomic E-state index is 0. The van der Waals surface area contributed by atoms with Crippen LogP contribution in [0, 0.1) is 0 Å². The lowest BCUT2D eigenvalue weighted by Crippen LogP contribution is -2.17. The molecule has 2 rings (SSSR count). The highest BCUT2D eigenvalue weighted by Gasteiger charge is 2.14. The largest absolute Gasteiger partial charge is 0.476 e. The number of benzene rings is 1. The summed E-state index contributed by atoms with van der Waals surface area (Å²) in [4.78, 5) is 19.3. The first kappa shape index (κ1) is 14.1. The van der Waals surface area contributed by atoms with E-state index >= 15 is 0 Å². The molecule has 1 heterocycles. The molecule has 4 N–H and O–H groups in total. The molecule has 0 aliphatic heterocycles. The van der Waals surface area contributed by atoms with Crippen molar-refractivity contribution in [3.05, 3.63) is 30.0 Å². The van der Waals surface area contributed by atoms with Crippen LogP contribution in [0.4, 0.5) is 5.82 Å². The van der Waals surface area contributed by atoms with Crippen molar-refractivity contribution < 1.29 is 9.90 Å². The lowest BCUT2D eigenvalue weighted by atomic mass is 10.3. The number of fused-ring (bicyclic) bond motifs is 1. The van der Waals surface area contributed by atoms with E-state index in [1.165, 1.54) is 0 Å². The van der Waals surface area contributed by atoms with Gasteiger partial charge in [0.15, 0.2) is 11.5 Å². The summed E-state index contributed by atoms with van der Waals surface area (Å²) in [5.74, 6) is -0.857. The Balaban J connectivity index is 0.00000162. The number of rotatable bonds is 4. The van der Waals surface area contributed by atoms with Crippen LogP contribution >= 0.6 is 12.4 Å². The minimum Gasteiger partial charge on any atom is -0.476 e. The first-order valence-corrected chi connectivity index (χ1v) is 5.16. The van der Waals surface area contributed by atoms with Gasteiger partial charge < -0.3 is 16.2 Å². The minimum atomic E-state index is -1.11. The highest BCUT2D eigenvalue weighted by atomic mass is 35.5. The van der Waals surface area contributed by atoms with E-state index in [2.05, 4.69) is 15.3 Å². The molecule has 6 nitrogen and oxygen atoms in total. The fourth-order valence-corrected chi connectivity index (χ4v) is 1.46. The molecule has 0 atom stereocenters. The molecule has 0 saturated heterocycles. The van der Waals surface area contributed by atoms with E-state index in [1.54, 1.807) is 18.2 Å². The number of aromatic carboxylic acids is 1. The zero-order valence-electron chi connectivity index (χ0n) is 9.46. The van der Waals surface area contributed by atoms with Crippen molar-refractivity contribution in [2.24, 2.45) is 5.73 Å². The molecule has 0 saturated carbocycles. The Bertz CT molecular complexity index is 562. The summed E-state index contributed by atoms with van der Waals surface area (Å²) in [6.45, 7) is 0.848. The van der Waals surface area contributed by atoms with Gasteiger partial charge in [-0.2, -0.15) is 0 Å². The van der Waals surface area contributed by atoms with E-state index < -0.39 is 5.97 Å². The van der Waals surface area contributed by atoms with Crippen LogP contribution in [0.15, 0.2) is 24.3 Å². The Morgan fingerprint density at radius 2 is 1.89 bits per heavy atom. The zero-order chi connectivity index (χ0) is 12.3. The number of aromatic nitrogens is 2. The molecule has 1 aromatic heterocycles. The summed E-state index contributed by atoms with van der Waals surface area (Å²) in [7, 11) is 0. The normalized spacial score (nSPS) is 9.83. The third kappa shape index (κ3) is 2.85. The summed E-state index contributed by atoms with van der Waals surface area (Å²) in [6, 6.07) is 7.11. The Kier molecular flexibility index (Phi) is 4.82. The van der Waals surface area contributed by atoms with E-state index in [0.717, 1.165) is 0 Å². The average Bonchev–Trinajstić information content (AvgIpc) is 2.35. The van der Waals surface area contributed by atoms with Crippen molar-refractivity contribution in [3.8, 4) is 0 Å². The Morgan fingerprint density at radius 3 is 2.44 bits per heavy atom. The number of carboxylic acid groups (broad SMARTS) is 1. The zero-order valence-corrected chi connectivity index (χ0v) is 10.3. The fraction of sp³-hybridized carbons (Fsp3) is 0.182. The molecular formula is C11H13ClN4O2. The number of halogens is 1. The van der Waals surface area contributed by atoms with Gasteiger partial charge in [-0.25, -0.2) is 14.8 Å². The topological polar surface area (TPSA) is 101 Å². The molecule has 0 spiro atoms. The van der Waals surface area contributed by atoms with E-state index in [0.29, 0.717) is 24.1 Å². The molecule has 0 aliphatic rings. The van der Waals surface area contributed by atoms with Gasteiger partial charge in [-0.3, -0.25) is 0 Å². The first-order chi connectivity index (χ1) is 8.22. The van der Waals surface area contributed by atoms with Crippen molar-refractivity contribution in [1.82, 2.24) is 9.97 Å². The number of carboxylic acids is 1. The van der Waals surface area contributed by atoms with Crippen molar-refractivity contribution in [3.63, 3.8) is 0 Å². The van der Waals surface area contributed by atoms with Gasteiger partial charge in [0.05, 0.1) is 11.0 Å². The smallest absolute Gasteiger partial charge is 0.358 e. The number of para-hydroxylation sites is 2. The quantitative estimate of drug-likeness (QED) is 0.768. The predicted molar refractivity (Wildman–Crippen MR) is 71.3 cm³/mol. The molecular weight excluding hydrogens is 256 g/mol. The van der Waals surface area contributed by atoms with Crippen LogP contribution in [0.5, 0.6) is 0 Å². The van der Waals surface area contributed by atoms with Crippen molar-refractivity contribution in [1.29, 1.82) is 0 Å². The van der Waals surface area contributed by atoms with Gasteiger partial charge in [-0.05, 0) is 12.1 Å². The van der Waals surface area contributed by atoms with E-state index in [-0.39, 0.29) is 23.9 Å². The summed E-state index contributed by atoms with van der Waals surface area (Å²) < 4.78 is 0. The van der Waals surface area contributed by atoms with E-state index in [1.807, 2.05) is 6.07 Å². The second kappa shape index (κ2) is 6.13. The maximum atomic E-state index is 11.1. The van der Waals surface area contributed by atoms with Gasteiger partial charge in [0.1, 0.15) is 0 Å². The number of carbonyl (C=O) groups is 1. The van der Waals surface area contributed by atoms with Crippen LogP contribution < -0.4 is 11.1 Å². The standard InChI is InChI=1S/C11H12N4O2.ClH/c12-5-6-13-10-9(11(16)17)14-7-3-1-2-4-8(7)15-10;/h1-4H,5-6,12H2,(H,13,15)(H,16,17);1H. The highest BCUT2D eigenvalue weighted by molar-refractivity contribution is 5.93. The second-order valence-corrected chi connectivity index (χ2v) is 3.43. The highest BCUT2D eigenvalue weighted by Crippen LogP contribution is 2.16. The molecule has 0 bridgehead atoms. The van der Waals surface area contributed by atoms with Gasteiger partial charge in [0, 0.05) is 13.1 Å². The van der Waals surface area contributed by atoms with Gasteiger partial charge in [0.25, 0.3) is 0 Å². The molecule has 0 aliphatic carbocycles. The van der Waals surface area contributed by atoms with Crippen molar-refractivity contribution in [2.75, 3.05) is 18.4 Å². The van der Waals surface area contributed by atoms with Crippen LogP contribution in [0.3, 0.4) is 0 Å². The third-order valence-electron chi connectivity index (χ3n) is 2.21. The molecule has 0 amide bonds. The number of nitrogens with two attached hydrogens (primary N) is 1. The lowest BCUT2D eigenvalue weighted by molar-refractivity contribution is 0.0691. The number of nitrogens with zero attached hydrogens (tertiary/aromatic N) is 2. The van der Waals surface area contributed by atoms with Crippen molar-refractivity contribution in [2.45, 2.75) is 0 Å². The number of hydrogen-bond donors (Lipinski definition) is 3. The van der Waals surface area contributed by atoms with Crippen LogP contribution in [0.1, 0.15) is 10.5 Å². The number of hydrogen-bond acceptors (Lipinski definition) is 5. The van der Waals surface area contributed by atoms with Crippen LogP contribution in [-0.4, -0.2) is 34.1 Å². The molecule has 7 heteroatoms. The molecule has 2 aromatic rings. The maximum Gasteiger partial charge on any atom is 0.358 e. The Labute approximate surface area is 110 Å². The fourth-order valence-electron chi connectivity index (χ4n) is 1.46. The van der Waals surface area contributed by atoms with E-state index in [4.69, 9.17) is 10.8 Å². The number of nitrogens with one attached hydrogen (secondary N) is 1.